The molecule has 1 N–H and O–H groups in total. The van der Waals surface area contributed by atoms with E-state index in [0.29, 0.717) is 0 Å². The summed E-state index contributed by atoms with van der Waals surface area (Å²) in [5, 5.41) is 10.5. The lowest BCUT2D eigenvalue weighted by atomic mass is 9.77. The van der Waals surface area contributed by atoms with Crippen molar-refractivity contribution in [2.24, 2.45) is 0 Å². The summed E-state index contributed by atoms with van der Waals surface area (Å²) in [5.74, 6) is -0.0285. The van der Waals surface area contributed by atoms with Crippen LogP contribution in [0.15, 0.2) is 24.3 Å². The molecule has 2 fully saturated rings. The van der Waals surface area contributed by atoms with E-state index in [1.807, 2.05) is 14.1 Å². The van der Waals surface area contributed by atoms with Gasteiger partial charge in [-0.3, -0.25) is 4.90 Å². The van der Waals surface area contributed by atoms with Gasteiger partial charge in [0.15, 0.2) is 9.84 Å². The number of rotatable bonds is 7. The van der Waals surface area contributed by atoms with Crippen LogP contribution in [-0.2, 0) is 15.3 Å². The Labute approximate surface area is 164 Å². The zero-order valence-electron chi connectivity index (χ0n) is 16.9. The fraction of sp³-hybridized carbons (Fsp3) is 0.714. The van der Waals surface area contributed by atoms with Crippen molar-refractivity contribution in [2.45, 2.75) is 50.2 Å². The van der Waals surface area contributed by atoms with Gasteiger partial charge in [-0.2, -0.15) is 0 Å². The van der Waals surface area contributed by atoms with E-state index in [-0.39, 0.29) is 23.0 Å². The second-order valence-electron chi connectivity index (χ2n) is 8.84. The topological polar surface area (TPSA) is 60.9 Å². The first-order valence-electron chi connectivity index (χ1n) is 10.1. The van der Waals surface area contributed by atoms with E-state index < -0.39 is 15.9 Å². The van der Waals surface area contributed by atoms with E-state index in [1.54, 1.807) is 0 Å². The SMILES string of the molecule is Cc1ccc(C2(CN(CCN(C)C)C3CS(=O)(=O)CC3O)CCCC2)cc1. The second kappa shape index (κ2) is 8.19. The highest BCUT2D eigenvalue weighted by atomic mass is 32.2. The second-order valence-corrected chi connectivity index (χ2v) is 11.0. The molecule has 1 aromatic rings. The van der Waals surface area contributed by atoms with Crippen LogP contribution in [0.25, 0.3) is 0 Å². The van der Waals surface area contributed by atoms with Gasteiger partial charge in [-0.1, -0.05) is 42.7 Å². The number of hydrogen-bond donors (Lipinski definition) is 1. The van der Waals surface area contributed by atoms with Gasteiger partial charge in [-0.25, -0.2) is 8.42 Å². The molecule has 2 aliphatic rings. The first-order valence-corrected chi connectivity index (χ1v) is 11.9. The normalized spacial score (nSPS) is 26.9. The molecule has 0 aromatic heterocycles. The van der Waals surface area contributed by atoms with Crippen molar-refractivity contribution < 1.29 is 13.5 Å². The molecule has 2 atom stereocenters. The lowest BCUT2D eigenvalue weighted by Crippen LogP contribution is -2.51. The molecule has 1 saturated heterocycles. The van der Waals surface area contributed by atoms with Gasteiger partial charge in [0.2, 0.25) is 0 Å². The standard InChI is InChI=1S/C21H34N2O3S/c1-17-6-8-18(9-7-17)21(10-4-5-11-21)16-23(13-12-22(2)3)19-14-27(25,26)15-20(19)24/h6-9,19-20,24H,4-5,10-16H2,1-3H3. The Bertz CT molecular complexity index is 724. The van der Waals surface area contributed by atoms with Crippen LogP contribution >= 0.6 is 0 Å². The maximum absolute atomic E-state index is 12.1. The molecule has 0 bridgehead atoms. The van der Waals surface area contributed by atoms with Crippen LogP contribution < -0.4 is 0 Å². The quantitative estimate of drug-likeness (QED) is 0.765. The number of likely N-dealkylation sites (N-methyl/N-ethyl adjacent to an activating group) is 1. The molecule has 2 unspecified atom stereocenters. The molecule has 1 aromatic carbocycles. The number of sulfone groups is 1. The molecule has 0 amide bonds. The van der Waals surface area contributed by atoms with Gasteiger partial charge < -0.3 is 10.0 Å². The fourth-order valence-corrected chi connectivity index (χ4v) is 6.57. The molecular weight excluding hydrogens is 360 g/mol. The summed E-state index contributed by atoms with van der Waals surface area (Å²) in [6.45, 7) is 4.56. The molecule has 5 nitrogen and oxygen atoms in total. The van der Waals surface area contributed by atoms with E-state index >= 15 is 0 Å². The Morgan fingerprint density at radius 3 is 2.22 bits per heavy atom. The number of nitrogens with zero attached hydrogens (tertiary/aromatic N) is 2. The number of aliphatic hydroxyl groups is 1. The molecule has 0 radical (unpaired) electrons. The molecular formula is C21H34N2O3S. The number of aliphatic hydroxyl groups excluding tert-OH is 1. The lowest BCUT2D eigenvalue weighted by Gasteiger charge is -2.40. The molecule has 1 aliphatic carbocycles. The van der Waals surface area contributed by atoms with Crippen molar-refractivity contribution >= 4 is 9.84 Å². The zero-order valence-corrected chi connectivity index (χ0v) is 17.7. The molecule has 27 heavy (non-hydrogen) atoms. The Kier molecular flexibility index (Phi) is 6.31. The summed E-state index contributed by atoms with van der Waals surface area (Å²) >= 11 is 0. The third-order valence-corrected chi connectivity index (χ3v) is 8.03. The van der Waals surface area contributed by atoms with Crippen molar-refractivity contribution in [3.8, 4) is 0 Å². The summed E-state index contributed by atoms with van der Waals surface area (Å²) in [7, 11) is 0.909. The van der Waals surface area contributed by atoms with E-state index in [0.717, 1.165) is 32.5 Å². The third-order valence-electron chi connectivity index (χ3n) is 6.33. The molecule has 3 rings (SSSR count). The van der Waals surface area contributed by atoms with Crippen molar-refractivity contribution in [3.63, 3.8) is 0 Å². The van der Waals surface area contributed by atoms with Crippen LogP contribution in [0, 0.1) is 6.92 Å². The summed E-state index contributed by atoms with van der Waals surface area (Å²) in [4.78, 5) is 4.39. The molecule has 0 spiro atoms. The summed E-state index contributed by atoms with van der Waals surface area (Å²) < 4.78 is 24.2. The summed E-state index contributed by atoms with van der Waals surface area (Å²) in [5.41, 5.74) is 2.68. The minimum absolute atomic E-state index is 0.0616. The third kappa shape index (κ3) is 4.91. The van der Waals surface area contributed by atoms with Crippen LogP contribution in [0.1, 0.15) is 36.8 Å². The molecule has 152 valence electrons. The van der Waals surface area contributed by atoms with Crippen molar-refractivity contribution in [1.29, 1.82) is 0 Å². The lowest BCUT2D eigenvalue weighted by molar-refractivity contribution is 0.0619. The fourth-order valence-electron chi connectivity index (χ4n) is 4.74. The minimum atomic E-state index is -3.16. The zero-order chi connectivity index (χ0) is 19.7. The van der Waals surface area contributed by atoms with Crippen LogP contribution in [0.2, 0.25) is 0 Å². The molecule has 1 heterocycles. The number of aryl methyl sites for hydroxylation is 1. The highest BCUT2D eigenvalue weighted by molar-refractivity contribution is 7.91. The largest absolute Gasteiger partial charge is 0.390 e. The van der Waals surface area contributed by atoms with Crippen molar-refractivity contribution in [1.82, 2.24) is 9.80 Å². The molecule has 6 heteroatoms. The van der Waals surface area contributed by atoms with Gasteiger partial charge in [0, 0.05) is 25.0 Å². The summed E-state index contributed by atoms with van der Waals surface area (Å²) in [6.07, 6.45) is 3.89. The Morgan fingerprint density at radius 1 is 1.07 bits per heavy atom. The predicted molar refractivity (Wildman–Crippen MR) is 110 cm³/mol. The van der Waals surface area contributed by atoms with Gasteiger partial charge in [0.25, 0.3) is 0 Å². The van der Waals surface area contributed by atoms with E-state index in [1.165, 1.54) is 24.0 Å². The van der Waals surface area contributed by atoms with Crippen molar-refractivity contribution in [2.75, 3.05) is 45.2 Å². The van der Waals surface area contributed by atoms with Crippen LogP contribution in [-0.4, -0.2) is 80.7 Å². The van der Waals surface area contributed by atoms with Crippen LogP contribution in [0.3, 0.4) is 0 Å². The first-order chi connectivity index (χ1) is 12.7. The first kappa shape index (κ1) is 20.8. The highest BCUT2D eigenvalue weighted by Gasteiger charge is 2.44. The van der Waals surface area contributed by atoms with E-state index in [2.05, 4.69) is 41.0 Å². The smallest absolute Gasteiger partial charge is 0.154 e. The average Bonchev–Trinajstić information content (AvgIpc) is 3.16. The van der Waals surface area contributed by atoms with Gasteiger partial charge in [0.05, 0.1) is 23.7 Å². The number of hydrogen-bond acceptors (Lipinski definition) is 5. The van der Waals surface area contributed by atoms with Crippen LogP contribution in [0.4, 0.5) is 0 Å². The maximum atomic E-state index is 12.1. The van der Waals surface area contributed by atoms with Crippen molar-refractivity contribution in [3.05, 3.63) is 35.4 Å². The predicted octanol–water partition coefficient (Wildman–Crippen LogP) is 1.83. The Hall–Kier alpha value is -0.950. The van der Waals surface area contributed by atoms with Gasteiger partial charge >= 0.3 is 0 Å². The van der Waals surface area contributed by atoms with E-state index in [9.17, 15) is 13.5 Å². The molecule has 1 saturated carbocycles. The number of benzene rings is 1. The summed E-state index contributed by atoms with van der Waals surface area (Å²) in [6, 6.07) is 8.54. The van der Waals surface area contributed by atoms with E-state index in [4.69, 9.17) is 0 Å². The highest BCUT2D eigenvalue weighted by Crippen LogP contribution is 2.42. The minimum Gasteiger partial charge on any atom is -0.390 e. The van der Waals surface area contributed by atoms with Gasteiger partial charge in [-0.05, 0) is 39.4 Å². The maximum Gasteiger partial charge on any atom is 0.154 e. The van der Waals surface area contributed by atoms with Crippen LogP contribution in [0.5, 0.6) is 0 Å². The average molecular weight is 395 g/mol. The van der Waals surface area contributed by atoms with Gasteiger partial charge in [0.1, 0.15) is 0 Å². The monoisotopic (exact) mass is 394 g/mol. The Balaban J connectivity index is 1.87. The molecule has 1 aliphatic heterocycles. The Morgan fingerprint density at radius 2 is 1.70 bits per heavy atom. The van der Waals surface area contributed by atoms with Gasteiger partial charge in [-0.15, -0.1) is 0 Å².